The Morgan fingerprint density at radius 2 is 1.52 bits per heavy atom. The largest absolute Gasteiger partial charge is 0.481 e. The highest BCUT2D eigenvalue weighted by molar-refractivity contribution is 5.78. The van der Waals surface area contributed by atoms with Crippen LogP contribution in [0.3, 0.4) is 0 Å². The second-order valence-electron chi connectivity index (χ2n) is 5.62. The average molecular weight is 311 g/mol. The van der Waals surface area contributed by atoms with Gasteiger partial charge >= 0.3 is 5.97 Å². The molecule has 4 heteroatoms. The Kier molecular flexibility index (Phi) is 5.92. The van der Waals surface area contributed by atoms with E-state index in [-0.39, 0.29) is 12.3 Å². The molecular weight excluding hydrogens is 290 g/mol. The molecule has 0 unspecified atom stereocenters. The Morgan fingerprint density at radius 1 is 0.913 bits per heavy atom. The van der Waals surface area contributed by atoms with Crippen LogP contribution in [0.15, 0.2) is 54.6 Å². The van der Waals surface area contributed by atoms with Gasteiger partial charge in [0.2, 0.25) is 5.91 Å². The predicted molar refractivity (Wildman–Crippen MR) is 89.3 cm³/mol. The molecule has 23 heavy (non-hydrogen) atoms. The lowest BCUT2D eigenvalue weighted by molar-refractivity contribution is -0.136. The van der Waals surface area contributed by atoms with Gasteiger partial charge in [-0.2, -0.15) is 0 Å². The minimum atomic E-state index is -0.867. The van der Waals surface area contributed by atoms with Crippen molar-refractivity contribution in [1.29, 1.82) is 0 Å². The van der Waals surface area contributed by atoms with Crippen molar-refractivity contribution >= 4 is 11.9 Å². The van der Waals surface area contributed by atoms with E-state index in [2.05, 4.69) is 0 Å². The second-order valence-corrected chi connectivity index (χ2v) is 5.62. The van der Waals surface area contributed by atoms with E-state index in [0.717, 1.165) is 17.5 Å². The molecule has 1 N–H and O–H groups in total. The van der Waals surface area contributed by atoms with Gasteiger partial charge in [-0.1, -0.05) is 54.6 Å². The molecule has 120 valence electrons. The van der Waals surface area contributed by atoms with Crippen molar-refractivity contribution in [3.05, 3.63) is 71.3 Å². The van der Waals surface area contributed by atoms with E-state index in [1.807, 2.05) is 36.4 Å². The number of carboxylic acids is 1. The van der Waals surface area contributed by atoms with Crippen LogP contribution in [0, 0.1) is 0 Å². The zero-order valence-corrected chi connectivity index (χ0v) is 13.2. The summed E-state index contributed by atoms with van der Waals surface area (Å²) in [5.41, 5.74) is 2.77. The Morgan fingerprint density at radius 3 is 2.17 bits per heavy atom. The molecule has 2 aromatic rings. The van der Waals surface area contributed by atoms with Gasteiger partial charge in [-0.15, -0.1) is 0 Å². The number of carbonyl (C=O) groups excluding carboxylic acids is 1. The van der Waals surface area contributed by atoms with Crippen LogP contribution in [-0.4, -0.2) is 35.5 Å². The fourth-order valence-electron chi connectivity index (χ4n) is 2.40. The van der Waals surface area contributed by atoms with E-state index in [4.69, 9.17) is 5.11 Å². The third kappa shape index (κ3) is 5.58. The van der Waals surface area contributed by atoms with Crippen molar-refractivity contribution in [2.45, 2.75) is 19.3 Å². The average Bonchev–Trinajstić information content (AvgIpc) is 2.53. The van der Waals surface area contributed by atoms with E-state index >= 15 is 0 Å². The predicted octanol–water partition coefficient (Wildman–Crippen LogP) is 2.56. The molecule has 2 rings (SSSR count). The molecule has 1 amide bonds. The zero-order valence-electron chi connectivity index (χ0n) is 13.2. The standard InChI is InChI=1S/C19H21NO3/c1-20(11-10-15-6-3-2-4-7-15)18(21)13-16-8-5-9-17(12-16)14-19(22)23/h2-9,12H,10-11,13-14H2,1H3,(H,22,23). The Labute approximate surface area is 136 Å². The van der Waals surface area contributed by atoms with Crippen LogP contribution in [0.1, 0.15) is 16.7 Å². The third-order valence-electron chi connectivity index (χ3n) is 3.71. The molecule has 0 aliphatic rings. The second kappa shape index (κ2) is 8.13. The summed E-state index contributed by atoms with van der Waals surface area (Å²) in [7, 11) is 1.80. The molecule has 0 spiro atoms. The Hall–Kier alpha value is -2.62. The third-order valence-corrected chi connectivity index (χ3v) is 3.71. The summed E-state index contributed by atoms with van der Waals surface area (Å²) in [6.07, 6.45) is 1.09. The number of amides is 1. The van der Waals surface area contributed by atoms with Gasteiger partial charge in [-0.3, -0.25) is 9.59 Å². The molecule has 0 heterocycles. The summed E-state index contributed by atoms with van der Waals surface area (Å²) >= 11 is 0. The molecule has 0 atom stereocenters. The number of nitrogens with zero attached hydrogens (tertiary/aromatic N) is 1. The molecule has 0 aliphatic heterocycles. The van der Waals surface area contributed by atoms with Gasteiger partial charge in [0.25, 0.3) is 0 Å². The van der Waals surface area contributed by atoms with Crippen LogP contribution in [0.2, 0.25) is 0 Å². The first-order valence-electron chi connectivity index (χ1n) is 7.62. The summed E-state index contributed by atoms with van der Waals surface area (Å²) in [4.78, 5) is 24.8. The van der Waals surface area contributed by atoms with Gasteiger partial charge < -0.3 is 10.0 Å². The van der Waals surface area contributed by atoms with Gasteiger partial charge in [-0.25, -0.2) is 0 Å². The van der Waals surface area contributed by atoms with E-state index in [1.54, 1.807) is 30.1 Å². The highest BCUT2D eigenvalue weighted by Gasteiger charge is 2.10. The molecule has 4 nitrogen and oxygen atoms in total. The molecule has 0 fully saturated rings. The lowest BCUT2D eigenvalue weighted by atomic mass is 10.1. The fourth-order valence-corrected chi connectivity index (χ4v) is 2.40. The minimum Gasteiger partial charge on any atom is -0.481 e. The van der Waals surface area contributed by atoms with Gasteiger partial charge in [0, 0.05) is 13.6 Å². The number of hydrogen-bond donors (Lipinski definition) is 1. The van der Waals surface area contributed by atoms with Crippen molar-refractivity contribution < 1.29 is 14.7 Å². The van der Waals surface area contributed by atoms with Crippen LogP contribution >= 0.6 is 0 Å². The molecule has 0 radical (unpaired) electrons. The van der Waals surface area contributed by atoms with Crippen LogP contribution in [0.5, 0.6) is 0 Å². The zero-order chi connectivity index (χ0) is 16.7. The maximum absolute atomic E-state index is 12.3. The molecule has 0 bridgehead atoms. The van der Waals surface area contributed by atoms with E-state index in [1.165, 1.54) is 5.56 Å². The van der Waals surface area contributed by atoms with E-state index in [9.17, 15) is 9.59 Å². The summed E-state index contributed by atoms with van der Waals surface area (Å²) in [6, 6.07) is 17.3. The Balaban J connectivity index is 1.89. The fraction of sp³-hybridized carbons (Fsp3) is 0.263. The van der Waals surface area contributed by atoms with Gasteiger partial charge in [-0.05, 0) is 23.1 Å². The van der Waals surface area contributed by atoms with Crippen LogP contribution < -0.4 is 0 Å². The molecule has 0 saturated heterocycles. The van der Waals surface area contributed by atoms with Crippen molar-refractivity contribution in [3.63, 3.8) is 0 Å². The lowest BCUT2D eigenvalue weighted by Crippen LogP contribution is -2.30. The number of benzene rings is 2. The van der Waals surface area contributed by atoms with Crippen LogP contribution in [-0.2, 0) is 28.9 Å². The number of carbonyl (C=O) groups is 2. The number of aliphatic carboxylic acids is 1. The van der Waals surface area contributed by atoms with E-state index in [0.29, 0.717) is 13.0 Å². The normalized spacial score (nSPS) is 10.3. The van der Waals surface area contributed by atoms with Crippen molar-refractivity contribution in [2.24, 2.45) is 0 Å². The van der Waals surface area contributed by atoms with Crippen LogP contribution in [0.25, 0.3) is 0 Å². The van der Waals surface area contributed by atoms with Crippen molar-refractivity contribution in [2.75, 3.05) is 13.6 Å². The summed E-state index contributed by atoms with van der Waals surface area (Å²) < 4.78 is 0. The smallest absolute Gasteiger partial charge is 0.307 e. The first-order chi connectivity index (χ1) is 11.0. The topological polar surface area (TPSA) is 57.6 Å². The SMILES string of the molecule is CN(CCc1ccccc1)C(=O)Cc1cccc(CC(=O)O)c1. The first kappa shape index (κ1) is 16.7. The number of rotatable bonds is 7. The summed E-state index contributed by atoms with van der Waals surface area (Å²) in [6.45, 7) is 0.664. The van der Waals surface area contributed by atoms with Gasteiger partial charge in [0.1, 0.15) is 0 Å². The van der Waals surface area contributed by atoms with Gasteiger partial charge in [0.15, 0.2) is 0 Å². The van der Waals surface area contributed by atoms with E-state index < -0.39 is 5.97 Å². The summed E-state index contributed by atoms with van der Waals surface area (Å²) in [5.74, 6) is -0.832. The maximum Gasteiger partial charge on any atom is 0.307 e. The number of carboxylic acid groups (broad SMARTS) is 1. The van der Waals surface area contributed by atoms with Crippen molar-refractivity contribution in [1.82, 2.24) is 4.90 Å². The number of hydrogen-bond acceptors (Lipinski definition) is 2. The lowest BCUT2D eigenvalue weighted by Gasteiger charge is -2.17. The highest BCUT2D eigenvalue weighted by atomic mass is 16.4. The first-order valence-corrected chi connectivity index (χ1v) is 7.62. The molecule has 2 aromatic carbocycles. The Bertz CT molecular complexity index is 667. The molecular formula is C19H21NO3. The molecule has 0 aliphatic carbocycles. The number of likely N-dealkylation sites (N-methyl/N-ethyl adjacent to an activating group) is 1. The monoisotopic (exact) mass is 311 g/mol. The van der Waals surface area contributed by atoms with Crippen LogP contribution in [0.4, 0.5) is 0 Å². The van der Waals surface area contributed by atoms with Gasteiger partial charge in [0.05, 0.1) is 12.8 Å². The highest BCUT2D eigenvalue weighted by Crippen LogP contribution is 2.09. The molecule has 0 aromatic heterocycles. The summed E-state index contributed by atoms with van der Waals surface area (Å²) in [5, 5.41) is 8.83. The molecule has 0 saturated carbocycles. The quantitative estimate of drug-likeness (QED) is 0.855. The maximum atomic E-state index is 12.3. The minimum absolute atomic E-state index is 0.0219. The van der Waals surface area contributed by atoms with Crippen molar-refractivity contribution in [3.8, 4) is 0 Å².